The monoisotopic (exact) mass is 267 g/mol. The van der Waals surface area contributed by atoms with Gasteiger partial charge in [0.1, 0.15) is 5.75 Å². The van der Waals surface area contributed by atoms with Gasteiger partial charge in [-0.2, -0.15) is 0 Å². The summed E-state index contributed by atoms with van der Waals surface area (Å²) in [5.74, 6) is 0.165. The smallest absolute Gasteiger partial charge is 0.258 e. The minimum absolute atomic E-state index is 0.480. The molecule has 1 amide bonds. The molecule has 1 atom stereocenters. The first-order valence-electron chi connectivity index (χ1n) is 6.45. The van der Waals surface area contributed by atoms with E-state index in [-0.39, 0.29) is 0 Å². The molecule has 3 nitrogen and oxygen atoms in total. The summed E-state index contributed by atoms with van der Waals surface area (Å²) in [7, 11) is 0. The fourth-order valence-electron chi connectivity index (χ4n) is 1.72. The van der Waals surface area contributed by atoms with Crippen LogP contribution in [0.5, 0.6) is 5.75 Å². The zero-order valence-electron chi connectivity index (χ0n) is 11.3. The molecule has 2 aromatic carbocycles. The van der Waals surface area contributed by atoms with Gasteiger partial charge in [0.15, 0.2) is 6.10 Å². The maximum atomic E-state index is 11.1. The number of benzene rings is 2. The van der Waals surface area contributed by atoms with E-state index in [0.29, 0.717) is 5.75 Å². The van der Waals surface area contributed by atoms with Gasteiger partial charge in [0.05, 0.1) is 0 Å². The van der Waals surface area contributed by atoms with Crippen molar-refractivity contribution in [1.29, 1.82) is 0 Å². The Bertz CT molecular complexity index is 605. The van der Waals surface area contributed by atoms with Crippen molar-refractivity contribution < 1.29 is 9.53 Å². The summed E-state index contributed by atoms with van der Waals surface area (Å²) in [6.45, 7) is 1.64. The molecule has 0 fully saturated rings. The number of carbonyl (C=O) groups excluding carboxylic acids is 1. The van der Waals surface area contributed by atoms with E-state index in [0.717, 1.165) is 11.1 Å². The van der Waals surface area contributed by atoms with E-state index in [4.69, 9.17) is 10.5 Å². The van der Waals surface area contributed by atoms with Gasteiger partial charge in [-0.3, -0.25) is 4.79 Å². The normalized spacial score (nSPS) is 12.2. The Hall–Kier alpha value is -2.55. The number of hydrogen-bond donors (Lipinski definition) is 1. The van der Waals surface area contributed by atoms with Crippen LogP contribution in [-0.2, 0) is 4.79 Å². The Morgan fingerprint density at radius 3 is 2.40 bits per heavy atom. The van der Waals surface area contributed by atoms with Crippen molar-refractivity contribution >= 4 is 18.1 Å². The van der Waals surface area contributed by atoms with Crippen LogP contribution in [0.25, 0.3) is 12.2 Å². The third-order valence-electron chi connectivity index (χ3n) is 2.88. The van der Waals surface area contributed by atoms with Crippen molar-refractivity contribution in [3.8, 4) is 5.75 Å². The zero-order chi connectivity index (χ0) is 14.4. The van der Waals surface area contributed by atoms with Gasteiger partial charge in [0.2, 0.25) is 0 Å². The van der Waals surface area contributed by atoms with Crippen molar-refractivity contribution in [2.45, 2.75) is 13.0 Å². The minimum Gasteiger partial charge on any atom is -0.480 e. The summed E-state index contributed by atoms with van der Waals surface area (Å²) in [6.07, 6.45) is 3.30. The second kappa shape index (κ2) is 6.57. The SMILES string of the molecule is CC(Oc1ccccc1/C=C/c1ccccc1)C(N)=O. The molecular weight excluding hydrogens is 250 g/mol. The topological polar surface area (TPSA) is 52.3 Å². The van der Waals surface area contributed by atoms with E-state index in [9.17, 15) is 4.79 Å². The Balaban J connectivity index is 2.20. The first kappa shape index (κ1) is 13.9. The molecule has 2 N–H and O–H groups in total. The van der Waals surface area contributed by atoms with Crippen LogP contribution >= 0.6 is 0 Å². The second-order valence-electron chi connectivity index (χ2n) is 4.44. The van der Waals surface area contributed by atoms with E-state index >= 15 is 0 Å². The van der Waals surface area contributed by atoms with Crippen LogP contribution in [0.1, 0.15) is 18.1 Å². The van der Waals surface area contributed by atoms with Gasteiger partial charge >= 0.3 is 0 Å². The first-order chi connectivity index (χ1) is 9.66. The molecule has 0 saturated carbocycles. The molecule has 20 heavy (non-hydrogen) atoms. The molecule has 0 spiro atoms. The van der Waals surface area contributed by atoms with Crippen LogP contribution in [0.4, 0.5) is 0 Å². The predicted molar refractivity (Wildman–Crippen MR) is 81.1 cm³/mol. The van der Waals surface area contributed by atoms with Gasteiger partial charge < -0.3 is 10.5 Å². The van der Waals surface area contributed by atoms with Gasteiger partial charge in [0.25, 0.3) is 5.91 Å². The van der Waals surface area contributed by atoms with E-state index in [1.54, 1.807) is 6.92 Å². The molecule has 0 aliphatic carbocycles. The number of amides is 1. The number of primary amides is 1. The molecule has 102 valence electrons. The number of ether oxygens (including phenoxy) is 1. The number of rotatable bonds is 5. The molecule has 3 heteroatoms. The summed E-state index contributed by atoms with van der Waals surface area (Å²) in [6, 6.07) is 17.5. The van der Waals surface area contributed by atoms with Crippen LogP contribution in [-0.4, -0.2) is 12.0 Å². The maximum absolute atomic E-state index is 11.1. The highest BCUT2D eigenvalue weighted by atomic mass is 16.5. The van der Waals surface area contributed by atoms with Crippen LogP contribution in [0.2, 0.25) is 0 Å². The summed E-state index contributed by atoms with van der Waals surface area (Å²) in [5, 5.41) is 0. The molecule has 0 aromatic heterocycles. The van der Waals surface area contributed by atoms with Gasteiger partial charge in [-0.25, -0.2) is 0 Å². The number of nitrogens with two attached hydrogens (primary N) is 1. The Labute approximate surface area is 118 Å². The van der Waals surface area contributed by atoms with Crippen molar-refractivity contribution in [2.24, 2.45) is 5.73 Å². The van der Waals surface area contributed by atoms with Gasteiger partial charge in [-0.15, -0.1) is 0 Å². The van der Waals surface area contributed by atoms with Crippen molar-refractivity contribution in [1.82, 2.24) is 0 Å². The van der Waals surface area contributed by atoms with Crippen LogP contribution in [0, 0.1) is 0 Å². The van der Waals surface area contributed by atoms with Gasteiger partial charge in [-0.05, 0) is 18.6 Å². The number of carbonyl (C=O) groups is 1. The van der Waals surface area contributed by atoms with E-state index in [2.05, 4.69) is 0 Å². The molecular formula is C17H17NO2. The lowest BCUT2D eigenvalue weighted by molar-refractivity contribution is -0.123. The van der Waals surface area contributed by atoms with Crippen molar-refractivity contribution in [2.75, 3.05) is 0 Å². The number of hydrogen-bond acceptors (Lipinski definition) is 2. The Morgan fingerprint density at radius 1 is 1.05 bits per heavy atom. The maximum Gasteiger partial charge on any atom is 0.258 e. The quantitative estimate of drug-likeness (QED) is 0.846. The molecule has 0 saturated heterocycles. The average Bonchev–Trinajstić information content (AvgIpc) is 2.47. The van der Waals surface area contributed by atoms with E-state index in [1.165, 1.54) is 0 Å². The van der Waals surface area contributed by atoms with Crippen molar-refractivity contribution in [3.63, 3.8) is 0 Å². The van der Waals surface area contributed by atoms with Crippen LogP contribution < -0.4 is 10.5 Å². The molecule has 2 rings (SSSR count). The molecule has 0 bridgehead atoms. The molecule has 0 radical (unpaired) electrons. The summed E-state index contributed by atoms with van der Waals surface area (Å²) in [5.41, 5.74) is 7.23. The predicted octanol–water partition coefficient (Wildman–Crippen LogP) is 3.11. The third-order valence-corrected chi connectivity index (χ3v) is 2.88. The van der Waals surface area contributed by atoms with Crippen LogP contribution in [0.15, 0.2) is 54.6 Å². The third kappa shape index (κ3) is 3.72. The summed E-state index contributed by atoms with van der Waals surface area (Å²) in [4.78, 5) is 11.1. The highest BCUT2D eigenvalue weighted by Gasteiger charge is 2.11. The lowest BCUT2D eigenvalue weighted by Crippen LogP contribution is -2.30. The molecule has 0 aliphatic rings. The largest absolute Gasteiger partial charge is 0.480 e. The lowest BCUT2D eigenvalue weighted by atomic mass is 10.1. The zero-order valence-corrected chi connectivity index (χ0v) is 11.3. The molecule has 0 heterocycles. The van der Waals surface area contributed by atoms with Crippen LogP contribution in [0.3, 0.4) is 0 Å². The minimum atomic E-state index is -0.652. The first-order valence-corrected chi connectivity index (χ1v) is 6.45. The number of para-hydroxylation sites is 1. The van der Waals surface area contributed by atoms with Gasteiger partial charge in [-0.1, -0.05) is 60.7 Å². The summed E-state index contributed by atoms with van der Waals surface area (Å²) < 4.78 is 5.57. The Kier molecular flexibility index (Phi) is 4.56. The fourth-order valence-corrected chi connectivity index (χ4v) is 1.72. The fraction of sp³-hybridized carbons (Fsp3) is 0.118. The van der Waals surface area contributed by atoms with Gasteiger partial charge in [0, 0.05) is 5.56 Å². The highest BCUT2D eigenvalue weighted by Crippen LogP contribution is 2.21. The standard InChI is InChI=1S/C17H17NO2/c1-13(17(18)19)20-16-10-6-5-9-15(16)12-11-14-7-3-2-4-8-14/h2-13H,1H3,(H2,18,19)/b12-11+. The highest BCUT2D eigenvalue weighted by molar-refractivity contribution is 5.79. The van der Waals surface area contributed by atoms with E-state index < -0.39 is 12.0 Å². The lowest BCUT2D eigenvalue weighted by Gasteiger charge is -2.13. The van der Waals surface area contributed by atoms with E-state index in [1.807, 2.05) is 66.7 Å². The average molecular weight is 267 g/mol. The summed E-state index contributed by atoms with van der Waals surface area (Å²) >= 11 is 0. The molecule has 0 aliphatic heterocycles. The molecule has 2 aromatic rings. The van der Waals surface area contributed by atoms with Crippen molar-refractivity contribution in [3.05, 3.63) is 65.7 Å². The second-order valence-corrected chi connectivity index (χ2v) is 4.44. The molecule has 1 unspecified atom stereocenters. The Morgan fingerprint density at radius 2 is 1.70 bits per heavy atom.